The number of carbonyl (C=O) groups excluding carboxylic acids is 1. The summed E-state index contributed by atoms with van der Waals surface area (Å²) >= 11 is 0. The molecule has 2 amide bonds. The van der Waals surface area contributed by atoms with Gasteiger partial charge in [0.2, 0.25) is 0 Å². The Bertz CT molecular complexity index is 1140. The summed E-state index contributed by atoms with van der Waals surface area (Å²) < 4.78 is 13.8. The number of nitrogens with zero attached hydrogens (tertiary/aromatic N) is 3. The molecule has 166 valence electrons. The highest BCUT2D eigenvalue weighted by Gasteiger charge is 2.23. The molecule has 1 fully saturated rings. The van der Waals surface area contributed by atoms with Gasteiger partial charge in [0.15, 0.2) is 0 Å². The number of anilines is 1. The maximum Gasteiger partial charge on any atom is 0.347 e. The van der Waals surface area contributed by atoms with E-state index in [1.54, 1.807) is 18.5 Å². The van der Waals surface area contributed by atoms with Crippen molar-refractivity contribution in [2.24, 2.45) is 16.6 Å². The van der Waals surface area contributed by atoms with Crippen LogP contribution in [-0.2, 0) is 6.42 Å². The zero-order valence-electron chi connectivity index (χ0n) is 18.2. The highest BCUT2D eigenvalue weighted by Crippen LogP contribution is 2.23. The van der Waals surface area contributed by atoms with E-state index in [4.69, 9.17) is 5.73 Å². The van der Waals surface area contributed by atoms with Crippen molar-refractivity contribution in [3.63, 3.8) is 0 Å². The van der Waals surface area contributed by atoms with Crippen LogP contribution in [0.25, 0.3) is 10.8 Å². The number of pyridine rings is 1. The highest BCUT2D eigenvalue weighted by molar-refractivity contribution is 6.05. The van der Waals surface area contributed by atoms with Crippen molar-refractivity contribution < 1.29 is 9.18 Å². The van der Waals surface area contributed by atoms with Crippen LogP contribution in [0.1, 0.15) is 24.0 Å². The summed E-state index contributed by atoms with van der Waals surface area (Å²) in [7, 11) is 0. The van der Waals surface area contributed by atoms with Gasteiger partial charge in [-0.3, -0.25) is 4.98 Å². The molecule has 0 spiro atoms. The van der Waals surface area contributed by atoms with E-state index in [0.717, 1.165) is 55.2 Å². The third-order valence-electron chi connectivity index (χ3n) is 6.15. The van der Waals surface area contributed by atoms with Gasteiger partial charge in [-0.05, 0) is 62.1 Å². The lowest BCUT2D eigenvalue weighted by Gasteiger charge is -2.32. The molecule has 3 N–H and O–H groups in total. The maximum atomic E-state index is 13.8. The van der Waals surface area contributed by atoms with Crippen LogP contribution in [0, 0.1) is 18.7 Å². The molecule has 7 heteroatoms. The standard InChI is InChI=1S/C25H28FN5O/c1-17-18(5-2-8-22(17)26)11-14-31-13-4-7-20(16-31)24(27)30-25(32)29-23-9-3-6-19-15-28-12-10-21(19)23/h2-3,5-6,8-10,12,15,20H,4,7,11,13-14,16H2,1H3,(H3,27,29,30,32)/t20-/m0/s1. The first kappa shape index (κ1) is 21.9. The van der Waals surface area contributed by atoms with E-state index in [1.807, 2.05) is 37.3 Å². The van der Waals surface area contributed by atoms with Crippen LogP contribution >= 0.6 is 0 Å². The molecule has 0 radical (unpaired) electrons. The molecule has 0 unspecified atom stereocenters. The molecule has 6 nitrogen and oxygen atoms in total. The fourth-order valence-electron chi connectivity index (χ4n) is 4.28. The number of nitrogens with one attached hydrogen (secondary N) is 1. The molecule has 0 aliphatic carbocycles. The Morgan fingerprint density at radius 2 is 2.12 bits per heavy atom. The van der Waals surface area contributed by atoms with Crippen molar-refractivity contribution in [2.75, 3.05) is 25.0 Å². The van der Waals surface area contributed by atoms with Crippen LogP contribution in [0.3, 0.4) is 0 Å². The number of nitrogens with two attached hydrogens (primary N) is 1. The highest BCUT2D eigenvalue weighted by atomic mass is 19.1. The molecule has 2 aromatic carbocycles. The predicted molar refractivity (Wildman–Crippen MR) is 126 cm³/mol. The number of hydrogen-bond donors (Lipinski definition) is 2. The van der Waals surface area contributed by atoms with Crippen LogP contribution in [0.5, 0.6) is 0 Å². The first-order valence-corrected chi connectivity index (χ1v) is 11.0. The van der Waals surface area contributed by atoms with E-state index in [0.29, 0.717) is 17.1 Å². The minimum Gasteiger partial charge on any atom is -0.387 e. The summed E-state index contributed by atoms with van der Waals surface area (Å²) in [5.41, 5.74) is 8.65. The number of hydrogen-bond acceptors (Lipinski definition) is 3. The van der Waals surface area contributed by atoms with Crippen molar-refractivity contribution in [1.82, 2.24) is 9.88 Å². The van der Waals surface area contributed by atoms with Gasteiger partial charge in [-0.2, -0.15) is 4.99 Å². The summed E-state index contributed by atoms with van der Waals surface area (Å²) in [4.78, 5) is 23.1. The first-order chi connectivity index (χ1) is 15.5. The van der Waals surface area contributed by atoms with Gasteiger partial charge in [-0.25, -0.2) is 9.18 Å². The Kier molecular flexibility index (Phi) is 6.75. The average Bonchev–Trinajstić information content (AvgIpc) is 2.80. The monoisotopic (exact) mass is 433 g/mol. The first-order valence-electron chi connectivity index (χ1n) is 11.0. The third-order valence-corrected chi connectivity index (χ3v) is 6.15. The fourth-order valence-corrected chi connectivity index (χ4v) is 4.28. The lowest BCUT2D eigenvalue weighted by Crippen LogP contribution is -2.42. The second-order valence-corrected chi connectivity index (χ2v) is 8.28. The van der Waals surface area contributed by atoms with Gasteiger partial charge < -0.3 is 16.0 Å². The van der Waals surface area contributed by atoms with Gasteiger partial charge in [-0.1, -0.05) is 24.3 Å². The maximum absolute atomic E-state index is 13.8. The molecule has 0 bridgehead atoms. The lowest BCUT2D eigenvalue weighted by molar-refractivity contribution is 0.205. The Morgan fingerprint density at radius 1 is 1.28 bits per heavy atom. The Balaban J connectivity index is 1.37. The minimum atomic E-state index is -0.473. The molecule has 3 aromatic rings. The lowest BCUT2D eigenvalue weighted by atomic mass is 9.96. The van der Waals surface area contributed by atoms with Crippen LogP contribution in [-0.4, -0.2) is 41.4 Å². The van der Waals surface area contributed by atoms with Crippen LogP contribution in [0.4, 0.5) is 14.9 Å². The SMILES string of the molecule is Cc1c(F)cccc1CCN1CCC[C@H](/C(N)=N/C(=O)Nc2cccc3cnccc23)C1. The molecule has 1 aliphatic heterocycles. The zero-order valence-corrected chi connectivity index (χ0v) is 18.2. The Labute approximate surface area is 187 Å². The number of aliphatic imine (C=N–C) groups is 1. The molecule has 1 saturated heterocycles. The summed E-state index contributed by atoms with van der Waals surface area (Å²) in [5, 5.41) is 4.69. The third kappa shape index (κ3) is 5.11. The number of benzene rings is 2. The molecular weight excluding hydrogens is 405 g/mol. The number of piperidine rings is 1. The van der Waals surface area contributed by atoms with Crippen molar-refractivity contribution in [3.8, 4) is 0 Å². The van der Waals surface area contributed by atoms with Gasteiger partial charge in [0.1, 0.15) is 11.7 Å². The van der Waals surface area contributed by atoms with E-state index in [9.17, 15) is 9.18 Å². The smallest absolute Gasteiger partial charge is 0.347 e. The molecule has 2 heterocycles. The van der Waals surface area contributed by atoms with E-state index in [2.05, 4.69) is 20.2 Å². The number of likely N-dealkylation sites (tertiary alicyclic amines) is 1. The van der Waals surface area contributed by atoms with Gasteiger partial charge in [-0.15, -0.1) is 0 Å². The molecular formula is C25H28FN5O. The Hall–Kier alpha value is -3.32. The number of carbonyl (C=O) groups is 1. The number of fused-ring (bicyclic) bond motifs is 1. The second kappa shape index (κ2) is 9.87. The summed E-state index contributed by atoms with van der Waals surface area (Å²) in [6.07, 6.45) is 6.12. The topological polar surface area (TPSA) is 83.6 Å². The summed E-state index contributed by atoms with van der Waals surface area (Å²) in [5.74, 6) is 0.222. The molecule has 1 aromatic heterocycles. The normalized spacial score (nSPS) is 17.4. The predicted octanol–water partition coefficient (Wildman–Crippen LogP) is 4.53. The van der Waals surface area contributed by atoms with E-state index in [-0.39, 0.29) is 11.7 Å². The van der Waals surface area contributed by atoms with E-state index in [1.165, 1.54) is 6.07 Å². The number of amides is 2. The average molecular weight is 434 g/mol. The quantitative estimate of drug-likeness (QED) is 0.458. The van der Waals surface area contributed by atoms with Crippen LogP contribution in [0.15, 0.2) is 59.9 Å². The van der Waals surface area contributed by atoms with Crippen LogP contribution < -0.4 is 11.1 Å². The molecule has 0 saturated carbocycles. The summed E-state index contributed by atoms with van der Waals surface area (Å²) in [6, 6.07) is 12.3. The minimum absolute atomic E-state index is 0.0276. The van der Waals surface area contributed by atoms with Crippen molar-refractivity contribution in [1.29, 1.82) is 0 Å². The van der Waals surface area contributed by atoms with Crippen molar-refractivity contribution >= 4 is 28.3 Å². The summed E-state index contributed by atoms with van der Waals surface area (Å²) in [6.45, 7) is 4.36. The largest absolute Gasteiger partial charge is 0.387 e. The van der Waals surface area contributed by atoms with E-state index >= 15 is 0 Å². The molecule has 1 atom stereocenters. The van der Waals surface area contributed by atoms with Gasteiger partial charge in [0.25, 0.3) is 0 Å². The van der Waals surface area contributed by atoms with E-state index < -0.39 is 6.03 Å². The number of urea groups is 1. The van der Waals surface area contributed by atoms with Gasteiger partial charge >= 0.3 is 6.03 Å². The van der Waals surface area contributed by atoms with Crippen molar-refractivity contribution in [2.45, 2.75) is 26.2 Å². The van der Waals surface area contributed by atoms with Gasteiger partial charge in [0.05, 0.1) is 5.69 Å². The van der Waals surface area contributed by atoms with Crippen molar-refractivity contribution in [3.05, 3.63) is 71.8 Å². The number of aromatic nitrogens is 1. The fraction of sp³-hybridized carbons (Fsp3) is 0.320. The molecule has 1 aliphatic rings. The number of rotatable bonds is 5. The molecule has 4 rings (SSSR count). The molecule has 32 heavy (non-hydrogen) atoms. The number of amidine groups is 1. The Morgan fingerprint density at radius 3 is 3.00 bits per heavy atom. The zero-order chi connectivity index (χ0) is 22.5. The van der Waals surface area contributed by atoms with Gasteiger partial charge in [0, 0.05) is 42.2 Å². The number of halogens is 1. The second-order valence-electron chi connectivity index (χ2n) is 8.28. The van der Waals surface area contributed by atoms with Crippen LogP contribution in [0.2, 0.25) is 0 Å².